The lowest BCUT2D eigenvalue weighted by Crippen LogP contribution is -2.44. The molecule has 1 aromatic heterocycles. The van der Waals surface area contributed by atoms with Crippen LogP contribution in [0.15, 0.2) is 24.3 Å². The van der Waals surface area contributed by atoms with Crippen LogP contribution >= 0.6 is 11.3 Å². The third-order valence-corrected chi connectivity index (χ3v) is 5.39. The zero-order valence-electron chi connectivity index (χ0n) is 15.4. The number of urea groups is 1. The minimum absolute atomic E-state index is 0.143. The van der Waals surface area contributed by atoms with E-state index in [9.17, 15) is 14.4 Å². The summed E-state index contributed by atoms with van der Waals surface area (Å²) in [5, 5.41) is 6.52. The molecule has 144 valence electrons. The first-order valence-corrected chi connectivity index (χ1v) is 9.84. The van der Waals surface area contributed by atoms with Crippen LogP contribution in [0.1, 0.15) is 36.4 Å². The first-order valence-electron chi connectivity index (χ1n) is 9.02. The number of amides is 3. The number of nitrogens with zero attached hydrogens (tertiary/aromatic N) is 1. The van der Waals surface area contributed by atoms with Crippen LogP contribution in [0.4, 0.5) is 10.5 Å². The molecule has 1 atom stereocenters. The van der Waals surface area contributed by atoms with Crippen LogP contribution in [-0.4, -0.2) is 48.5 Å². The summed E-state index contributed by atoms with van der Waals surface area (Å²) >= 11 is 1.36. The van der Waals surface area contributed by atoms with Crippen LogP contribution in [-0.2, 0) is 9.53 Å². The number of rotatable bonds is 6. The van der Waals surface area contributed by atoms with E-state index in [2.05, 4.69) is 10.6 Å². The number of anilines is 1. The number of hydrogen-bond acceptors (Lipinski definition) is 5. The van der Waals surface area contributed by atoms with Gasteiger partial charge in [-0.3, -0.25) is 4.79 Å². The van der Waals surface area contributed by atoms with E-state index in [0.717, 1.165) is 23.1 Å². The third-order valence-electron chi connectivity index (χ3n) is 4.29. The highest BCUT2D eigenvalue weighted by molar-refractivity contribution is 7.20. The number of thiophene rings is 1. The Morgan fingerprint density at radius 2 is 2.15 bits per heavy atom. The molecule has 27 heavy (non-hydrogen) atoms. The Morgan fingerprint density at radius 3 is 2.85 bits per heavy atom. The van der Waals surface area contributed by atoms with Gasteiger partial charge in [0.15, 0.2) is 0 Å². The Bertz CT molecular complexity index is 864. The largest absolute Gasteiger partial charge is 0.462 e. The van der Waals surface area contributed by atoms with Gasteiger partial charge < -0.3 is 20.3 Å². The van der Waals surface area contributed by atoms with E-state index in [1.807, 2.05) is 19.1 Å². The third kappa shape index (κ3) is 4.77. The maximum atomic E-state index is 12.2. The molecule has 0 aliphatic carbocycles. The molecule has 1 unspecified atom stereocenters. The number of nitrogens with one attached hydrogen (secondary N) is 2. The monoisotopic (exact) mass is 389 g/mol. The second-order valence-corrected chi connectivity index (χ2v) is 7.61. The molecule has 0 saturated carbocycles. The summed E-state index contributed by atoms with van der Waals surface area (Å²) in [6.07, 6.45) is 1.47. The van der Waals surface area contributed by atoms with Crippen LogP contribution in [0.25, 0.3) is 10.1 Å². The van der Waals surface area contributed by atoms with E-state index < -0.39 is 0 Å². The SMILES string of the molecule is CCOC(=O)c1cc2cc(NC(=O)NC(C)CN3CCCC3=O)ccc2s1. The molecule has 0 spiro atoms. The summed E-state index contributed by atoms with van der Waals surface area (Å²) in [5.74, 6) is -0.194. The average Bonchev–Trinajstić information content (AvgIpc) is 3.21. The molecule has 1 saturated heterocycles. The standard InChI is InChI=1S/C19H23N3O4S/c1-3-26-18(24)16-10-13-9-14(6-7-15(13)27-16)21-19(25)20-12(2)11-22-8-4-5-17(22)23/h6-7,9-10,12H,3-5,8,11H2,1-2H3,(H2,20,21,25). The molecule has 7 nitrogen and oxygen atoms in total. The fourth-order valence-electron chi connectivity index (χ4n) is 3.09. The molecule has 1 aromatic carbocycles. The minimum Gasteiger partial charge on any atom is -0.462 e. The topological polar surface area (TPSA) is 87.7 Å². The normalized spacial score (nSPS) is 15.0. The summed E-state index contributed by atoms with van der Waals surface area (Å²) < 4.78 is 5.97. The Morgan fingerprint density at radius 1 is 1.33 bits per heavy atom. The van der Waals surface area contributed by atoms with Crippen LogP contribution in [0.5, 0.6) is 0 Å². The molecule has 3 amide bonds. The van der Waals surface area contributed by atoms with Crippen LogP contribution < -0.4 is 10.6 Å². The summed E-state index contributed by atoms with van der Waals surface area (Å²) in [5.41, 5.74) is 0.637. The minimum atomic E-state index is -0.337. The van der Waals surface area contributed by atoms with Crippen molar-refractivity contribution < 1.29 is 19.1 Å². The molecule has 2 aromatic rings. The van der Waals surface area contributed by atoms with Gasteiger partial charge in [-0.25, -0.2) is 9.59 Å². The molecule has 2 N–H and O–H groups in total. The first-order chi connectivity index (χ1) is 13.0. The van der Waals surface area contributed by atoms with Crippen LogP contribution in [0.3, 0.4) is 0 Å². The maximum absolute atomic E-state index is 12.2. The van der Waals surface area contributed by atoms with E-state index in [-0.39, 0.29) is 23.9 Å². The second-order valence-electron chi connectivity index (χ2n) is 6.53. The summed E-state index contributed by atoms with van der Waals surface area (Å²) in [7, 11) is 0. The molecule has 8 heteroatoms. The molecular formula is C19H23N3O4S. The quantitative estimate of drug-likeness (QED) is 0.743. The van der Waals surface area contributed by atoms with Gasteiger partial charge in [0.2, 0.25) is 5.91 Å². The van der Waals surface area contributed by atoms with Crippen molar-refractivity contribution in [3.8, 4) is 0 Å². The van der Waals surface area contributed by atoms with Gasteiger partial charge in [0.25, 0.3) is 0 Å². The zero-order valence-corrected chi connectivity index (χ0v) is 16.2. The molecule has 1 aliphatic rings. The fraction of sp³-hybridized carbons (Fsp3) is 0.421. The van der Waals surface area contributed by atoms with Gasteiger partial charge in [0.05, 0.1) is 6.61 Å². The number of likely N-dealkylation sites (tertiary alicyclic amines) is 1. The van der Waals surface area contributed by atoms with Crippen molar-refractivity contribution in [3.63, 3.8) is 0 Å². The summed E-state index contributed by atoms with van der Waals surface area (Å²) in [6.45, 7) is 5.25. The number of esters is 1. The number of carbonyl (C=O) groups excluding carboxylic acids is 3. The van der Waals surface area contributed by atoms with Gasteiger partial charge in [0, 0.05) is 35.9 Å². The van der Waals surface area contributed by atoms with Crippen LogP contribution in [0.2, 0.25) is 0 Å². The van der Waals surface area contributed by atoms with Gasteiger partial charge in [-0.1, -0.05) is 0 Å². The van der Waals surface area contributed by atoms with E-state index >= 15 is 0 Å². The van der Waals surface area contributed by atoms with Gasteiger partial charge in [-0.05, 0) is 49.9 Å². The van der Waals surface area contributed by atoms with Gasteiger partial charge >= 0.3 is 12.0 Å². The highest BCUT2D eigenvalue weighted by atomic mass is 32.1. The zero-order chi connectivity index (χ0) is 19.4. The Hall–Kier alpha value is -2.61. The number of ether oxygens (including phenoxy) is 1. The van der Waals surface area contributed by atoms with E-state index in [0.29, 0.717) is 30.1 Å². The molecule has 1 fully saturated rings. The fourth-order valence-corrected chi connectivity index (χ4v) is 4.03. The predicted octanol–water partition coefficient (Wildman–Crippen LogP) is 3.21. The lowest BCUT2D eigenvalue weighted by atomic mass is 10.2. The first kappa shape index (κ1) is 19.2. The smallest absolute Gasteiger partial charge is 0.348 e. The van der Waals surface area contributed by atoms with Crippen LogP contribution in [0, 0.1) is 0 Å². The summed E-state index contributed by atoms with van der Waals surface area (Å²) in [4.78, 5) is 38.0. The van der Waals surface area contributed by atoms with E-state index in [4.69, 9.17) is 4.74 Å². The number of benzene rings is 1. The summed E-state index contributed by atoms with van der Waals surface area (Å²) in [6, 6.07) is 6.78. The Balaban J connectivity index is 1.59. The average molecular weight is 389 g/mol. The molecule has 0 radical (unpaired) electrons. The van der Waals surface area contributed by atoms with Crippen molar-refractivity contribution in [2.75, 3.05) is 25.0 Å². The Kier molecular flexibility index (Phi) is 5.95. The van der Waals surface area contributed by atoms with Crippen molar-refractivity contribution in [3.05, 3.63) is 29.1 Å². The maximum Gasteiger partial charge on any atom is 0.348 e. The molecule has 2 heterocycles. The second kappa shape index (κ2) is 8.39. The van der Waals surface area contributed by atoms with Crippen molar-refractivity contribution in [2.45, 2.75) is 32.7 Å². The van der Waals surface area contributed by atoms with Gasteiger partial charge in [0.1, 0.15) is 4.88 Å². The number of fused-ring (bicyclic) bond motifs is 1. The van der Waals surface area contributed by atoms with Crippen molar-refractivity contribution in [1.82, 2.24) is 10.2 Å². The predicted molar refractivity (Wildman–Crippen MR) is 105 cm³/mol. The lowest BCUT2D eigenvalue weighted by Gasteiger charge is -2.21. The van der Waals surface area contributed by atoms with E-state index in [1.54, 1.807) is 24.0 Å². The van der Waals surface area contributed by atoms with Crippen molar-refractivity contribution in [2.24, 2.45) is 0 Å². The molecule has 0 bridgehead atoms. The van der Waals surface area contributed by atoms with E-state index in [1.165, 1.54) is 11.3 Å². The number of hydrogen-bond donors (Lipinski definition) is 2. The number of carbonyl (C=O) groups is 3. The highest BCUT2D eigenvalue weighted by Crippen LogP contribution is 2.28. The van der Waals surface area contributed by atoms with Crippen molar-refractivity contribution in [1.29, 1.82) is 0 Å². The van der Waals surface area contributed by atoms with Gasteiger partial charge in [-0.2, -0.15) is 0 Å². The molecule has 1 aliphatic heterocycles. The van der Waals surface area contributed by atoms with Gasteiger partial charge in [-0.15, -0.1) is 11.3 Å². The Labute approximate surface area is 161 Å². The molecular weight excluding hydrogens is 366 g/mol. The highest BCUT2D eigenvalue weighted by Gasteiger charge is 2.22. The van der Waals surface area contributed by atoms with Crippen molar-refractivity contribution >= 4 is 45.0 Å². The molecule has 3 rings (SSSR count). The lowest BCUT2D eigenvalue weighted by molar-refractivity contribution is -0.127.